The summed E-state index contributed by atoms with van der Waals surface area (Å²) >= 11 is 0. The van der Waals surface area contributed by atoms with Gasteiger partial charge in [-0.05, 0) is 43.7 Å². The van der Waals surface area contributed by atoms with E-state index in [1.165, 1.54) is 12.8 Å². The van der Waals surface area contributed by atoms with Gasteiger partial charge in [0.15, 0.2) is 0 Å². The largest absolute Gasteiger partial charge is 0.271 e. The van der Waals surface area contributed by atoms with Crippen LogP contribution in [0, 0.1) is 5.92 Å². The van der Waals surface area contributed by atoms with Crippen LogP contribution in [0.15, 0.2) is 29.6 Å². The van der Waals surface area contributed by atoms with Gasteiger partial charge in [0.1, 0.15) is 0 Å². The van der Waals surface area contributed by atoms with Crippen molar-refractivity contribution in [3.05, 3.63) is 30.1 Å². The molecular weight excluding hydrogens is 214 g/mol. The molecular formula is C13H17N3O. The van der Waals surface area contributed by atoms with E-state index < -0.39 is 0 Å². The summed E-state index contributed by atoms with van der Waals surface area (Å²) in [5, 5.41) is 4.25. The highest BCUT2D eigenvalue weighted by atomic mass is 16.2. The lowest BCUT2D eigenvalue weighted by Gasteiger charge is -2.07. The first kappa shape index (κ1) is 11.8. The van der Waals surface area contributed by atoms with Gasteiger partial charge in [-0.3, -0.25) is 9.78 Å². The van der Waals surface area contributed by atoms with Crippen LogP contribution >= 0.6 is 0 Å². The van der Waals surface area contributed by atoms with Crippen LogP contribution in [-0.2, 0) is 0 Å². The van der Waals surface area contributed by atoms with Gasteiger partial charge in [0, 0.05) is 23.7 Å². The lowest BCUT2D eigenvalue weighted by Crippen LogP contribution is -2.20. The second-order valence-corrected chi connectivity index (χ2v) is 4.28. The SMILES string of the molecule is CC[C@@H]1CCC/C1=N/NC(=O)c1ccncc1. The van der Waals surface area contributed by atoms with Gasteiger partial charge in [-0.25, -0.2) is 5.43 Å². The highest BCUT2D eigenvalue weighted by Gasteiger charge is 2.20. The van der Waals surface area contributed by atoms with Gasteiger partial charge in [-0.1, -0.05) is 6.92 Å². The van der Waals surface area contributed by atoms with Crippen molar-refractivity contribution in [2.75, 3.05) is 0 Å². The first-order valence-electron chi connectivity index (χ1n) is 6.08. The standard InChI is InChI=1S/C13H17N3O/c1-2-10-4-3-5-12(10)15-16-13(17)11-6-8-14-9-7-11/h6-10H,2-5H2,1H3,(H,16,17)/b15-12-/t10-/m1/s1. The molecule has 90 valence electrons. The number of nitrogens with one attached hydrogen (secondary N) is 1. The molecule has 0 bridgehead atoms. The number of nitrogens with zero attached hydrogens (tertiary/aromatic N) is 2. The molecule has 0 saturated heterocycles. The monoisotopic (exact) mass is 231 g/mol. The third-order valence-electron chi connectivity index (χ3n) is 3.19. The van der Waals surface area contributed by atoms with Crippen molar-refractivity contribution in [1.29, 1.82) is 0 Å². The molecule has 1 amide bonds. The van der Waals surface area contributed by atoms with Gasteiger partial charge in [0.25, 0.3) is 5.91 Å². The molecule has 1 saturated carbocycles. The molecule has 0 spiro atoms. The molecule has 1 fully saturated rings. The van der Waals surface area contributed by atoms with Gasteiger partial charge in [0.05, 0.1) is 0 Å². The van der Waals surface area contributed by atoms with Crippen LogP contribution < -0.4 is 5.43 Å². The zero-order valence-electron chi connectivity index (χ0n) is 10.0. The molecule has 1 aliphatic rings. The zero-order valence-corrected chi connectivity index (χ0v) is 10.0. The summed E-state index contributed by atoms with van der Waals surface area (Å²) in [5.41, 5.74) is 4.35. The summed E-state index contributed by atoms with van der Waals surface area (Å²) < 4.78 is 0. The van der Waals surface area contributed by atoms with Crippen molar-refractivity contribution in [3.63, 3.8) is 0 Å². The summed E-state index contributed by atoms with van der Waals surface area (Å²) in [6.45, 7) is 2.16. The number of hydrazone groups is 1. The molecule has 4 heteroatoms. The van der Waals surface area contributed by atoms with Gasteiger partial charge < -0.3 is 0 Å². The van der Waals surface area contributed by atoms with Gasteiger partial charge >= 0.3 is 0 Å². The second-order valence-electron chi connectivity index (χ2n) is 4.28. The van der Waals surface area contributed by atoms with Crippen LogP contribution in [-0.4, -0.2) is 16.6 Å². The summed E-state index contributed by atoms with van der Waals surface area (Å²) in [5.74, 6) is 0.384. The van der Waals surface area contributed by atoms with E-state index in [1.54, 1.807) is 24.5 Å². The van der Waals surface area contributed by atoms with Crippen LogP contribution in [0.4, 0.5) is 0 Å². The minimum absolute atomic E-state index is 0.165. The number of hydrogen-bond donors (Lipinski definition) is 1. The molecule has 17 heavy (non-hydrogen) atoms. The van der Waals surface area contributed by atoms with E-state index in [0.29, 0.717) is 11.5 Å². The Labute approximate surface area is 101 Å². The smallest absolute Gasteiger partial charge is 0.267 e. The molecule has 2 rings (SSSR count). The molecule has 0 radical (unpaired) electrons. The maximum Gasteiger partial charge on any atom is 0.271 e. The van der Waals surface area contributed by atoms with E-state index in [4.69, 9.17) is 0 Å². The molecule has 0 aromatic carbocycles. The first-order valence-corrected chi connectivity index (χ1v) is 6.08. The fraction of sp³-hybridized carbons (Fsp3) is 0.462. The maximum absolute atomic E-state index is 11.8. The van der Waals surface area contributed by atoms with E-state index >= 15 is 0 Å². The van der Waals surface area contributed by atoms with Crippen molar-refractivity contribution >= 4 is 11.6 Å². The molecule has 4 nitrogen and oxygen atoms in total. The van der Waals surface area contributed by atoms with Gasteiger partial charge in [-0.15, -0.1) is 0 Å². The van der Waals surface area contributed by atoms with Crippen LogP contribution in [0.25, 0.3) is 0 Å². The lowest BCUT2D eigenvalue weighted by molar-refractivity contribution is 0.0954. The Bertz CT molecular complexity index is 414. The number of amides is 1. The average molecular weight is 231 g/mol. The molecule has 1 heterocycles. The highest BCUT2D eigenvalue weighted by Crippen LogP contribution is 2.24. The summed E-state index contributed by atoms with van der Waals surface area (Å²) in [4.78, 5) is 15.6. The number of aromatic nitrogens is 1. The Balaban J connectivity index is 1.98. The Morgan fingerprint density at radius 1 is 1.53 bits per heavy atom. The molecule has 1 atom stereocenters. The van der Waals surface area contributed by atoms with Gasteiger partial charge in [0.2, 0.25) is 0 Å². The van der Waals surface area contributed by atoms with E-state index in [2.05, 4.69) is 22.4 Å². The maximum atomic E-state index is 11.8. The minimum atomic E-state index is -0.165. The van der Waals surface area contributed by atoms with Crippen LogP contribution in [0.1, 0.15) is 43.0 Å². The van der Waals surface area contributed by atoms with E-state index in [1.807, 2.05) is 0 Å². The normalized spacial score (nSPS) is 21.7. The molecule has 1 aromatic rings. The summed E-state index contributed by atoms with van der Waals surface area (Å²) in [6.07, 6.45) is 7.70. The topological polar surface area (TPSA) is 54.4 Å². The van der Waals surface area contributed by atoms with Crippen molar-refractivity contribution in [2.24, 2.45) is 11.0 Å². The third kappa shape index (κ3) is 2.90. The van der Waals surface area contributed by atoms with Crippen molar-refractivity contribution < 1.29 is 4.79 Å². The van der Waals surface area contributed by atoms with E-state index in [0.717, 1.165) is 18.6 Å². The van der Waals surface area contributed by atoms with Gasteiger partial charge in [-0.2, -0.15) is 5.10 Å². The van der Waals surface area contributed by atoms with E-state index in [-0.39, 0.29) is 5.91 Å². The molecule has 0 aliphatic heterocycles. The average Bonchev–Trinajstić information content (AvgIpc) is 2.84. The van der Waals surface area contributed by atoms with Crippen LogP contribution in [0.2, 0.25) is 0 Å². The Morgan fingerprint density at radius 3 is 3.00 bits per heavy atom. The van der Waals surface area contributed by atoms with Crippen LogP contribution in [0.3, 0.4) is 0 Å². The molecule has 0 unspecified atom stereocenters. The number of carbonyl (C=O) groups is 1. The number of carbonyl (C=O) groups excluding carboxylic acids is 1. The Kier molecular flexibility index (Phi) is 3.85. The number of pyridine rings is 1. The minimum Gasteiger partial charge on any atom is -0.267 e. The summed E-state index contributed by atoms with van der Waals surface area (Å²) in [6, 6.07) is 3.36. The second kappa shape index (κ2) is 5.57. The van der Waals surface area contributed by atoms with Crippen LogP contribution in [0.5, 0.6) is 0 Å². The Hall–Kier alpha value is -1.71. The molecule has 1 N–H and O–H groups in total. The van der Waals surface area contributed by atoms with Crippen molar-refractivity contribution in [3.8, 4) is 0 Å². The quantitative estimate of drug-likeness (QED) is 0.812. The zero-order chi connectivity index (χ0) is 12.1. The fourth-order valence-corrected chi connectivity index (χ4v) is 2.18. The fourth-order valence-electron chi connectivity index (χ4n) is 2.18. The molecule has 1 aliphatic carbocycles. The molecule has 1 aromatic heterocycles. The lowest BCUT2D eigenvalue weighted by atomic mass is 10.0. The number of hydrogen-bond acceptors (Lipinski definition) is 3. The predicted molar refractivity (Wildman–Crippen MR) is 66.8 cm³/mol. The first-order chi connectivity index (χ1) is 8.31. The van der Waals surface area contributed by atoms with Crippen molar-refractivity contribution in [1.82, 2.24) is 10.4 Å². The van der Waals surface area contributed by atoms with E-state index in [9.17, 15) is 4.79 Å². The van der Waals surface area contributed by atoms with Crippen molar-refractivity contribution in [2.45, 2.75) is 32.6 Å². The third-order valence-corrected chi connectivity index (χ3v) is 3.19. The number of rotatable bonds is 3. The summed E-state index contributed by atoms with van der Waals surface area (Å²) in [7, 11) is 0. The predicted octanol–water partition coefficient (Wildman–Crippen LogP) is 2.38. The Morgan fingerprint density at radius 2 is 2.29 bits per heavy atom. The highest BCUT2D eigenvalue weighted by molar-refractivity contribution is 5.96.